The number of hydrogen-bond acceptors (Lipinski definition) is 4. The molecule has 0 saturated carbocycles. The van der Waals surface area contributed by atoms with Crippen LogP contribution in [-0.2, 0) is 20.9 Å². The van der Waals surface area contributed by atoms with Crippen LogP contribution in [0.2, 0.25) is 0 Å². The molecule has 3 amide bonds. The molecule has 0 aliphatic carbocycles. The van der Waals surface area contributed by atoms with Gasteiger partial charge in [-0.2, -0.15) is 0 Å². The molecular weight excluding hydrogens is 478 g/mol. The van der Waals surface area contributed by atoms with E-state index in [1.165, 1.54) is 5.56 Å². The van der Waals surface area contributed by atoms with Gasteiger partial charge >= 0.3 is 0 Å². The first-order valence-corrected chi connectivity index (χ1v) is 13.0. The highest BCUT2D eigenvalue weighted by Crippen LogP contribution is 2.27. The molecule has 1 heterocycles. The number of nitrogens with zero attached hydrogens (tertiary/aromatic N) is 1. The molecule has 0 aromatic heterocycles. The van der Waals surface area contributed by atoms with Crippen molar-refractivity contribution in [3.63, 3.8) is 0 Å². The van der Waals surface area contributed by atoms with E-state index < -0.39 is 5.92 Å². The molecule has 7 heteroatoms. The number of amides is 3. The van der Waals surface area contributed by atoms with Crippen molar-refractivity contribution in [3.05, 3.63) is 89.0 Å². The fraction of sp³-hybridized carbons (Fsp3) is 0.323. The number of ether oxygens (including phenoxy) is 1. The molecule has 1 aliphatic heterocycles. The third-order valence-corrected chi connectivity index (χ3v) is 7.01. The van der Waals surface area contributed by atoms with Crippen molar-refractivity contribution < 1.29 is 19.1 Å². The number of anilines is 2. The summed E-state index contributed by atoms with van der Waals surface area (Å²) in [6.07, 6.45) is 0.176. The van der Waals surface area contributed by atoms with Gasteiger partial charge in [-0.3, -0.25) is 14.4 Å². The van der Waals surface area contributed by atoms with Crippen LogP contribution in [0.5, 0.6) is 5.75 Å². The van der Waals surface area contributed by atoms with E-state index in [1.54, 1.807) is 29.2 Å². The van der Waals surface area contributed by atoms with Gasteiger partial charge in [0.1, 0.15) is 5.75 Å². The molecule has 38 heavy (non-hydrogen) atoms. The van der Waals surface area contributed by atoms with Crippen LogP contribution in [-0.4, -0.2) is 30.9 Å². The first-order chi connectivity index (χ1) is 18.2. The van der Waals surface area contributed by atoms with Crippen molar-refractivity contribution in [3.8, 4) is 5.75 Å². The van der Waals surface area contributed by atoms with Crippen molar-refractivity contribution in [2.24, 2.45) is 5.92 Å². The lowest BCUT2D eigenvalue weighted by Gasteiger charge is -2.17. The molecular formula is C31H35N3O4. The van der Waals surface area contributed by atoms with E-state index in [1.807, 2.05) is 44.2 Å². The molecule has 198 valence electrons. The maximum atomic E-state index is 12.7. The highest BCUT2D eigenvalue weighted by molar-refractivity contribution is 6.00. The number of carbonyl (C=O) groups is 3. The highest BCUT2D eigenvalue weighted by atomic mass is 16.5. The predicted molar refractivity (Wildman–Crippen MR) is 149 cm³/mol. The van der Waals surface area contributed by atoms with Crippen molar-refractivity contribution in [2.45, 2.75) is 46.6 Å². The number of nitrogens with one attached hydrogen (secondary N) is 2. The monoisotopic (exact) mass is 513 g/mol. The van der Waals surface area contributed by atoms with Gasteiger partial charge < -0.3 is 20.3 Å². The molecule has 0 spiro atoms. The van der Waals surface area contributed by atoms with Gasteiger partial charge in [0.25, 0.3) is 5.91 Å². The Hall–Kier alpha value is -4.13. The standard InChI is InChI=1S/C31H35N3O4/c1-20(2)24-10-8-23(9-11-24)17-32-31(37)25-16-30(36)34(18-25)26-12-14-27(15-13-26)38-19-29(35)33-28-7-5-6-21(3)22(28)4/h5-15,20,25H,16-19H2,1-4H3,(H,32,37)(H,33,35)/t25-/m0/s1. The lowest BCUT2D eigenvalue weighted by atomic mass is 10.0. The molecule has 0 radical (unpaired) electrons. The topological polar surface area (TPSA) is 87.7 Å². The average Bonchev–Trinajstić information content (AvgIpc) is 3.31. The molecule has 1 saturated heterocycles. The molecule has 0 unspecified atom stereocenters. The summed E-state index contributed by atoms with van der Waals surface area (Å²) in [5, 5.41) is 5.84. The van der Waals surface area contributed by atoms with E-state index in [2.05, 4.69) is 36.6 Å². The summed E-state index contributed by atoms with van der Waals surface area (Å²) in [6.45, 7) is 8.89. The second kappa shape index (κ2) is 11.9. The van der Waals surface area contributed by atoms with Crippen LogP contribution in [0.3, 0.4) is 0 Å². The summed E-state index contributed by atoms with van der Waals surface area (Å²) in [4.78, 5) is 39.3. The minimum atomic E-state index is -0.401. The Kier molecular flexibility index (Phi) is 8.46. The SMILES string of the molecule is Cc1cccc(NC(=O)COc2ccc(N3C[C@@H](C(=O)NCc4ccc(C(C)C)cc4)CC3=O)cc2)c1C. The fourth-order valence-corrected chi connectivity index (χ4v) is 4.43. The molecule has 0 bridgehead atoms. The first-order valence-electron chi connectivity index (χ1n) is 13.0. The van der Waals surface area contributed by atoms with E-state index in [0.717, 1.165) is 22.4 Å². The lowest BCUT2D eigenvalue weighted by molar-refractivity contribution is -0.126. The number of rotatable bonds is 9. The Morgan fingerprint density at radius 1 is 1.00 bits per heavy atom. The normalized spacial score (nSPS) is 15.0. The summed E-state index contributed by atoms with van der Waals surface area (Å²) in [7, 11) is 0. The Balaban J connectivity index is 1.26. The van der Waals surface area contributed by atoms with Crippen LogP contribution in [0.1, 0.15) is 48.4 Å². The summed E-state index contributed by atoms with van der Waals surface area (Å²) >= 11 is 0. The largest absolute Gasteiger partial charge is 0.484 e. The van der Waals surface area contributed by atoms with Crippen molar-refractivity contribution in [2.75, 3.05) is 23.4 Å². The van der Waals surface area contributed by atoms with Crippen molar-refractivity contribution in [1.82, 2.24) is 5.32 Å². The number of benzene rings is 3. The highest BCUT2D eigenvalue weighted by Gasteiger charge is 2.35. The molecule has 4 rings (SSSR count). The third-order valence-electron chi connectivity index (χ3n) is 7.01. The van der Waals surface area contributed by atoms with E-state index in [9.17, 15) is 14.4 Å². The van der Waals surface area contributed by atoms with Crippen LogP contribution in [0.25, 0.3) is 0 Å². The molecule has 1 atom stereocenters. The molecule has 1 aliphatic rings. The van der Waals surface area contributed by atoms with E-state index in [-0.39, 0.29) is 30.7 Å². The molecule has 3 aromatic rings. The van der Waals surface area contributed by atoms with Gasteiger partial charge in [-0.15, -0.1) is 0 Å². The summed E-state index contributed by atoms with van der Waals surface area (Å²) in [6, 6.07) is 21.0. The van der Waals surface area contributed by atoms with Crippen molar-refractivity contribution in [1.29, 1.82) is 0 Å². The minimum Gasteiger partial charge on any atom is -0.484 e. The zero-order valence-electron chi connectivity index (χ0n) is 22.4. The van der Waals surface area contributed by atoms with Gasteiger partial charge in [-0.25, -0.2) is 0 Å². The third kappa shape index (κ3) is 6.59. The second-order valence-corrected chi connectivity index (χ2v) is 10.1. The van der Waals surface area contributed by atoms with E-state index in [0.29, 0.717) is 30.4 Å². The van der Waals surface area contributed by atoms with Crippen LogP contribution >= 0.6 is 0 Å². The van der Waals surface area contributed by atoms with Gasteiger partial charge in [-0.05, 0) is 72.4 Å². The Labute approximate surface area is 224 Å². The second-order valence-electron chi connectivity index (χ2n) is 10.1. The lowest BCUT2D eigenvalue weighted by Crippen LogP contribution is -2.32. The summed E-state index contributed by atoms with van der Waals surface area (Å²) < 4.78 is 5.63. The molecule has 1 fully saturated rings. The van der Waals surface area contributed by atoms with Crippen molar-refractivity contribution >= 4 is 29.1 Å². The zero-order valence-corrected chi connectivity index (χ0v) is 22.4. The summed E-state index contributed by atoms with van der Waals surface area (Å²) in [5.41, 5.74) is 5.88. The van der Waals surface area contributed by atoms with Gasteiger partial charge in [0.15, 0.2) is 6.61 Å². The van der Waals surface area contributed by atoms with Gasteiger partial charge in [0.2, 0.25) is 11.8 Å². The minimum absolute atomic E-state index is 0.0898. The summed E-state index contributed by atoms with van der Waals surface area (Å²) in [5.74, 6) is 0.123. The first kappa shape index (κ1) is 26.9. The molecule has 2 N–H and O–H groups in total. The van der Waals surface area contributed by atoms with E-state index >= 15 is 0 Å². The predicted octanol–water partition coefficient (Wildman–Crippen LogP) is 5.11. The smallest absolute Gasteiger partial charge is 0.262 e. The van der Waals surface area contributed by atoms with Crippen LogP contribution in [0, 0.1) is 19.8 Å². The maximum absolute atomic E-state index is 12.7. The van der Waals surface area contributed by atoms with Crippen LogP contribution in [0.15, 0.2) is 66.7 Å². The van der Waals surface area contributed by atoms with E-state index in [4.69, 9.17) is 4.74 Å². The Morgan fingerprint density at radius 2 is 1.71 bits per heavy atom. The van der Waals surface area contributed by atoms with Gasteiger partial charge in [-0.1, -0.05) is 50.2 Å². The van der Waals surface area contributed by atoms with Crippen LogP contribution < -0.4 is 20.3 Å². The zero-order chi connectivity index (χ0) is 27.2. The Morgan fingerprint density at radius 3 is 2.39 bits per heavy atom. The average molecular weight is 514 g/mol. The number of aryl methyl sites for hydroxylation is 1. The van der Waals surface area contributed by atoms with Crippen LogP contribution in [0.4, 0.5) is 11.4 Å². The maximum Gasteiger partial charge on any atom is 0.262 e. The number of hydrogen-bond donors (Lipinski definition) is 2. The van der Waals surface area contributed by atoms with Gasteiger partial charge in [0.05, 0.1) is 5.92 Å². The molecule has 3 aromatic carbocycles. The molecule has 7 nitrogen and oxygen atoms in total. The van der Waals surface area contributed by atoms with Gasteiger partial charge in [0, 0.05) is 30.9 Å². The Bertz CT molecular complexity index is 1300. The number of carbonyl (C=O) groups excluding carboxylic acids is 3. The quantitative estimate of drug-likeness (QED) is 0.416. The fourth-order valence-electron chi connectivity index (χ4n) is 4.43.